The number of nitrogens with zero attached hydrogens (tertiary/aromatic N) is 1. The van der Waals surface area contributed by atoms with Gasteiger partial charge < -0.3 is 15.3 Å². The smallest absolute Gasteiger partial charge is 0.0951 e. The maximum atomic E-state index is 11.0. The maximum Gasteiger partial charge on any atom is 0.0951 e. The molecule has 2 aliphatic rings. The molecule has 3 heteroatoms. The molecular formula is C24H32N2O. The summed E-state index contributed by atoms with van der Waals surface area (Å²) in [5.74, 6) is 0. The van der Waals surface area contributed by atoms with Gasteiger partial charge in [-0.2, -0.15) is 0 Å². The van der Waals surface area contributed by atoms with Crippen molar-refractivity contribution in [3.05, 3.63) is 63.7 Å². The van der Waals surface area contributed by atoms with Crippen LogP contribution in [-0.4, -0.2) is 30.3 Å². The maximum absolute atomic E-state index is 11.0. The lowest BCUT2D eigenvalue weighted by atomic mass is 9.90. The van der Waals surface area contributed by atoms with Crippen LogP contribution in [0.25, 0.3) is 0 Å². The van der Waals surface area contributed by atoms with Crippen molar-refractivity contribution >= 4 is 5.69 Å². The van der Waals surface area contributed by atoms with Gasteiger partial charge in [0.05, 0.1) is 6.10 Å². The molecule has 144 valence electrons. The molecule has 0 amide bonds. The summed E-state index contributed by atoms with van der Waals surface area (Å²) < 4.78 is 0. The Balaban J connectivity index is 1.43. The molecule has 2 aromatic rings. The molecule has 0 saturated carbocycles. The number of rotatable bonds is 3. The molecule has 2 aromatic carbocycles. The zero-order chi connectivity index (χ0) is 19.1. The van der Waals surface area contributed by atoms with Crippen LogP contribution in [0, 0.1) is 27.7 Å². The van der Waals surface area contributed by atoms with Crippen LogP contribution in [0.3, 0.4) is 0 Å². The van der Waals surface area contributed by atoms with E-state index in [1.54, 1.807) is 0 Å². The van der Waals surface area contributed by atoms with E-state index in [9.17, 15) is 5.11 Å². The highest BCUT2D eigenvalue weighted by atomic mass is 16.3. The molecule has 1 aliphatic heterocycles. The van der Waals surface area contributed by atoms with Crippen molar-refractivity contribution in [2.75, 3.05) is 18.0 Å². The van der Waals surface area contributed by atoms with Crippen LogP contribution in [0.15, 0.2) is 30.3 Å². The van der Waals surface area contributed by atoms with E-state index in [4.69, 9.17) is 0 Å². The van der Waals surface area contributed by atoms with Gasteiger partial charge in [-0.25, -0.2) is 0 Å². The van der Waals surface area contributed by atoms with Gasteiger partial charge in [-0.15, -0.1) is 0 Å². The third kappa shape index (κ3) is 3.28. The Kier molecular flexibility index (Phi) is 5.00. The minimum absolute atomic E-state index is 0.145. The summed E-state index contributed by atoms with van der Waals surface area (Å²) >= 11 is 0. The summed E-state index contributed by atoms with van der Waals surface area (Å²) in [6.07, 6.45) is 2.82. The van der Waals surface area contributed by atoms with Gasteiger partial charge in [0.2, 0.25) is 0 Å². The number of piperidine rings is 1. The molecule has 0 bridgehead atoms. The van der Waals surface area contributed by atoms with Crippen molar-refractivity contribution < 1.29 is 5.11 Å². The van der Waals surface area contributed by atoms with Gasteiger partial charge in [0, 0.05) is 30.9 Å². The van der Waals surface area contributed by atoms with Crippen LogP contribution in [0.1, 0.15) is 52.3 Å². The summed E-state index contributed by atoms with van der Waals surface area (Å²) in [5, 5.41) is 14.9. The number of anilines is 1. The molecule has 2 atom stereocenters. The number of aliphatic hydroxyl groups excluding tert-OH is 1. The zero-order valence-electron chi connectivity index (χ0n) is 17.0. The number of hydrogen-bond donors (Lipinski definition) is 2. The number of hydrogen-bond acceptors (Lipinski definition) is 3. The van der Waals surface area contributed by atoms with Crippen LogP contribution in [0.2, 0.25) is 0 Å². The van der Waals surface area contributed by atoms with Crippen LogP contribution in [-0.2, 0) is 6.42 Å². The Morgan fingerprint density at radius 2 is 1.52 bits per heavy atom. The lowest BCUT2D eigenvalue weighted by Crippen LogP contribution is -2.47. The van der Waals surface area contributed by atoms with Crippen molar-refractivity contribution in [1.29, 1.82) is 0 Å². The molecule has 0 radical (unpaired) electrons. The fourth-order valence-corrected chi connectivity index (χ4v) is 5.01. The molecule has 27 heavy (non-hydrogen) atoms. The Labute approximate surface area is 163 Å². The van der Waals surface area contributed by atoms with E-state index in [1.165, 1.54) is 39.1 Å². The highest BCUT2D eigenvalue weighted by Gasteiger charge is 2.36. The molecule has 1 fully saturated rings. The van der Waals surface area contributed by atoms with E-state index >= 15 is 0 Å². The highest BCUT2D eigenvalue weighted by molar-refractivity contribution is 5.54. The average molecular weight is 365 g/mol. The van der Waals surface area contributed by atoms with Crippen LogP contribution < -0.4 is 10.2 Å². The first-order valence-electron chi connectivity index (χ1n) is 10.3. The molecule has 0 unspecified atom stereocenters. The third-order valence-corrected chi connectivity index (χ3v) is 7.04. The van der Waals surface area contributed by atoms with Gasteiger partial charge >= 0.3 is 0 Å². The quantitative estimate of drug-likeness (QED) is 0.859. The van der Waals surface area contributed by atoms with Crippen molar-refractivity contribution in [3.8, 4) is 0 Å². The first-order chi connectivity index (χ1) is 13.0. The second kappa shape index (κ2) is 7.29. The molecule has 2 N–H and O–H groups in total. The van der Waals surface area contributed by atoms with Gasteiger partial charge in [0.15, 0.2) is 0 Å². The summed E-state index contributed by atoms with van der Waals surface area (Å²) in [4.78, 5) is 2.47. The highest BCUT2D eigenvalue weighted by Crippen LogP contribution is 2.39. The van der Waals surface area contributed by atoms with Crippen molar-refractivity contribution in [2.45, 2.75) is 65.1 Å². The van der Waals surface area contributed by atoms with E-state index in [0.717, 1.165) is 32.4 Å². The third-order valence-electron chi connectivity index (χ3n) is 7.04. The minimum Gasteiger partial charge on any atom is -0.387 e. The first kappa shape index (κ1) is 18.5. The number of para-hydroxylation sites is 1. The Morgan fingerprint density at radius 3 is 2.19 bits per heavy atom. The van der Waals surface area contributed by atoms with Gasteiger partial charge in [-0.3, -0.25) is 0 Å². The Morgan fingerprint density at radius 1 is 0.889 bits per heavy atom. The van der Waals surface area contributed by atoms with E-state index in [1.807, 2.05) is 0 Å². The fraction of sp³-hybridized carbons (Fsp3) is 0.500. The number of fused-ring (bicyclic) bond motifs is 1. The van der Waals surface area contributed by atoms with E-state index < -0.39 is 0 Å². The van der Waals surface area contributed by atoms with Crippen LogP contribution in [0.4, 0.5) is 5.69 Å². The molecule has 1 aliphatic carbocycles. The van der Waals surface area contributed by atoms with Gasteiger partial charge in [-0.05, 0) is 92.5 Å². The number of aliphatic hydroxyl groups is 1. The van der Waals surface area contributed by atoms with E-state index in [0.29, 0.717) is 6.04 Å². The number of nitrogens with one attached hydrogen (secondary N) is 1. The van der Waals surface area contributed by atoms with Crippen molar-refractivity contribution in [1.82, 2.24) is 5.32 Å². The molecule has 0 aromatic heterocycles. The zero-order valence-corrected chi connectivity index (χ0v) is 17.0. The largest absolute Gasteiger partial charge is 0.387 e. The summed E-state index contributed by atoms with van der Waals surface area (Å²) in [6, 6.07) is 11.3. The van der Waals surface area contributed by atoms with E-state index in [2.05, 4.69) is 68.2 Å². The summed E-state index contributed by atoms with van der Waals surface area (Å²) in [7, 11) is 0. The lowest BCUT2D eigenvalue weighted by Gasteiger charge is -2.35. The summed E-state index contributed by atoms with van der Waals surface area (Å²) in [5.41, 5.74) is 9.26. The molecule has 3 nitrogen and oxygen atoms in total. The Hall–Kier alpha value is -1.84. The van der Waals surface area contributed by atoms with Crippen molar-refractivity contribution in [2.24, 2.45) is 0 Å². The second-order valence-corrected chi connectivity index (χ2v) is 8.41. The monoisotopic (exact) mass is 364 g/mol. The molecule has 4 rings (SSSR count). The molecule has 1 heterocycles. The average Bonchev–Trinajstić information content (AvgIpc) is 3.02. The predicted octanol–water partition coefficient (Wildman–Crippen LogP) is 4.14. The van der Waals surface area contributed by atoms with Crippen LogP contribution >= 0.6 is 0 Å². The number of benzene rings is 2. The van der Waals surface area contributed by atoms with Gasteiger partial charge in [0.25, 0.3) is 0 Å². The van der Waals surface area contributed by atoms with Gasteiger partial charge in [0.1, 0.15) is 0 Å². The van der Waals surface area contributed by atoms with Crippen LogP contribution in [0.5, 0.6) is 0 Å². The second-order valence-electron chi connectivity index (χ2n) is 8.41. The topological polar surface area (TPSA) is 35.5 Å². The molecule has 0 spiro atoms. The minimum atomic E-state index is -0.384. The van der Waals surface area contributed by atoms with E-state index in [-0.39, 0.29) is 12.1 Å². The predicted molar refractivity (Wildman–Crippen MR) is 113 cm³/mol. The molecular weight excluding hydrogens is 332 g/mol. The first-order valence-corrected chi connectivity index (χ1v) is 10.3. The summed E-state index contributed by atoms with van der Waals surface area (Å²) in [6.45, 7) is 10.9. The molecule has 1 saturated heterocycles. The van der Waals surface area contributed by atoms with Crippen molar-refractivity contribution in [3.63, 3.8) is 0 Å². The Bertz CT molecular complexity index is 822. The van der Waals surface area contributed by atoms with Gasteiger partial charge in [-0.1, -0.05) is 18.2 Å². The SMILES string of the molecule is Cc1c(C)c(C)c2c(c1C)C[C@@H](NC1CCN(c3ccccc3)CC1)[C@@H]2O. The lowest BCUT2D eigenvalue weighted by molar-refractivity contribution is 0.131. The standard InChI is InChI=1S/C24H32N2O/c1-15-16(2)18(4)23-21(17(15)3)14-22(24(23)27)25-19-10-12-26(13-11-19)20-8-6-5-7-9-20/h5-9,19,22,24-25,27H,10-14H2,1-4H3/t22-,24+/m1/s1. The fourth-order valence-electron chi connectivity index (χ4n) is 5.01. The normalized spacial score (nSPS) is 22.9.